The highest BCUT2D eigenvalue weighted by Crippen LogP contribution is 2.49. The number of ether oxygens (including phenoxy) is 3. The summed E-state index contributed by atoms with van der Waals surface area (Å²) in [7, 11) is -10.7. The van der Waals surface area contributed by atoms with Gasteiger partial charge in [0.2, 0.25) is 0 Å². The number of phosphoric ester groups is 2. The molecule has 7 N–H and O–H groups in total. The van der Waals surface area contributed by atoms with Crippen molar-refractivity contribution in [3.8, 4) is 0 Å². The maximum absolute atomic E-state index is 13.0. The average molecular weight is 1000 g/mol. The van der Waals surface area contributed by atoms with Crippen LogP contribution in [-0.4, -0.2) is 115 Å². The van der Waals surface area contributed by atoms with Crippen molar-refractivity contribution >= 4 is 27.6 Å². The summed E-state index contributed by atoms with van der Waals surface area (Å²) < 4.78 is 55.0. The van der Waals surface area contributed by atoms with Gasteiger partial charge < -0.3 is 49.3 Å². The van der Waals surface area contributed by atoms with Gasteiger partial charge in [0.1, 0.15) is 43.2 Å². The van der Waals surface area contributed by atoms with Crippen molar-refractivity contribution in [3.63, 3.8) is 0 Å². The highest BCUT2D eigenvalue weighted by Gasteiger charge is 2.54. The Balaban J connectivity index is 1.82. The Bertz CT molecular complexity index is 1750. The van der Waals surface area contributed by atoms with E-state index in [1.165, 1.54) is 0 Å². The van der Waals surface area contributed by atoms with Crippen molar-refractivity contribution in [3.05, 3.63) is 97.2 Å². The second-order valence-corrected chi connectivity index (χ2v) is 19.0. The first-order valence-corrected chi connectivity index (χ1v) is 26.9. The third-order valence-electron chi connectivity index (χ3n) is 10.6. The zero-order valence-electron chi connectivity index (χ0n) is 39.7. The number of carbonyl (C=O) groups excluding carboxylic acids is 2. The number of unbranched alkanes of at least 4 members (excludes halogenated alkanes) is 5. The molecule has 1 aliphatic heterocycles. The molecule has 7 unspecified atom stereocenters. The maximum Gasteiger partial charge on any atom is 0.472 e. The van der Waals surface area contributed by atoms with Crippen LogP contribution >= 0.6 is 15.6 Å². The third kappa shape index (κ3) is 29.2. The van der Waals surface area contributed by atoms with Crippen molar-refractivity contribution in [2.24, 2.45) is 0 Å². The average Bonchev–Trinajstić information content (AvgIpc) is 4.05. The van der Waals surface area contributed by atoms with E-state index in [9.17, 15) is 53.8 Å². The monoisotopic (exact) mass is 1000 g/mol. The normalized spacial score (nSPS) is 25.1. The first-order valence-electron chi connectivity index (χ1n) is 23.9. The number of hydrogen-bond donors (Lipinski definition) is 7. The van der Waals surface area contributed by atoms with Gasteiger partial charge in [0.05, 0.1) is 18.8 Å². The van der Waals surface area contributed by atoms with Crippen molar-refractivity contribution in [1.29, 1.82) is 0 Å². The van der Waals surface area contributed by atoms with Crippen LogP contribution in [0.2, 0.25) is 0 Å². The number of phosphoric acid groups is 2. The maximum atomic E-state index is 13.0. The molecule has 1 saturated carbocycles. The quantitative estimate of drug-likeness (QED) is 0.0102. The van der Waals surface area contributed by atoms with Crippen LogP contribution in [0.1, 0.15) is 129 Å². The lowest BCUT2D eigenvalue weighted by Crippen LogP contribution is -2.64. The van der Waals surface area contributed by atoms with Gasteiger partial charge in [-0.05, 0) is 83.5 Å². The Labute approximate surface area is 402 Å². The van der Waals surface area contributed by atoms with E-state index in [1.807, 2.05) is 18.2 Å². The molecule has 0 spiro atoms. The van der Waals surface area contributed by atoms with Crippen LogP contribution in [0.3, 0.4) is 0 Å². The number of aliphatic hydroxyl groups excluding tert-OH is 4. The van der Waals surface area contributed by atoms with Crippen molar-refractivity contribution in [1.82, 2.24) is 0 Å². The highest BCUT2D eigenvalue weighted by atomic mass is 31.2. The number of carbonyl (C=O) groups is 2. The summed E-state index contributed by atoms with van der Waals surface area (Å²) in [4.78, 5) is 54.3. The van der Waals surface area contributed by atoms with Crippen LogP contribution in [0.5, 0.6) is 0 Å². The predicted octanol–water partition coefficient (Wildman–Crippen LogP) is 8.16. The van der Waals surface area contributed by atoms with Crippen molar-refractivity contribution < 1.29 is 81.6 Å². The summed E-state index contributed by atoms with van der Waals surface area (Å²) in [6.07, 6.45) is 32.7. The van der Waals surface area contributed by atoms with Crippen LogP contribution in [-0.2, 0) is 46.5 Å². The van der Waals surface area contributed by atoms with Gasteiger partial charge in [-0.3, -0.25) is 23.2 Å². The lowest BCUT2D eigenvalue weighted by atomic mass is 9.85. The number of rotatable bonds is 37. The number of hydrogen-bond acceptors (Lipinski definition) is 14. The second-order valence-electron chi connectivity index (χ2n) is 16.4. The fourth-order valence-electron chi connectivity index (χ4n) is 6.81. The molecule has 2 fully saturated rings. The van der Waals surface area contributed by atoms with E-state index in [0.29, 0.717) is 31.5 Å². The van der Waals surface area contributed by atoms with Crippen LogP contribution < -0.4 is 0 Å². The molecule has 2 aliphatic rings. The number of aliphatic hydroxyl groups is 4. The molecule has 2 rings (SSSR count). The molecule has 1 saturated heterocycles. The Morgan fingerprint density at radius 2 is 1.00 bits per heavy atom. The standard InChI is InChI=1S/C49H78O17P2/c1-3-5-7-8-9-10-11-12-13-14-18-21-24-27-31-35-42(50)61-37-39(38-62-68(59,60)66-49-46(54)44(52)45(53)48(47(49)55)65-67(56,57)58)63-43(51)36-32-28-25-22-19-16-15-17-20-23-26-30-34-41-40(64-41)33-29-6-4-2/h5-7,9-10,12-13,16-17,19-20,25-26,28-30,39-41,44-49,52-55H,3-4,8,11,14-15,18,21-24,27,31-38H2,1-2H3,(H,59,60)(H2,56,57,58)/b7-5-,10-9-,13-12-,19-16-,20-17-,28-25-,29-6-,30-26-/t39-,40?,41?,44?,45?,46?,47?,48-,49+/m1/s1. The molecule has 0 radical (unpaired) electrons. The second kappa shape index (κ2) is 35.9. The van der Waals surface area contributed by atoms with E-state index in [2.05, 4.69) is 91.3 Å². The molecule has 386 valence electrons. The molecule has 10 atom stereocenters. The zero-order chi connectivity index (χ0) is 50.0. The third-order valence-corrected chi connectivity index (χ3v) is 12.1. The SMILES string of the molecule is CC/C=C\C/C=C\C/C=C\CCCCCCCC(=O)OC[C@H](COP(=O)(O)O[C@H]1C(O)C(O)C(O)[C@@H](OP(=O)(O)O)C1O)OC(=O)CC/C=C\C/C=C\C/C=C\C/C=C\CC1OC1C/C=C\CC. The van der Waals surface area contributed by atoms with Gasteiger partial charge in [-0.25, -0.2) is 9.13 Å². The first-order chi connectivity index (χ1) is 32.6. The molecular weight excluding hydrogens is 922 g/mol. The molecule has 1 aliphatic carbocycles. The summed E-state index contributed by atoms with van der Waals surface area (Å²) >= 11 is 0. The Morgan fingerprint density at radius 3 is 1.57 bits per heavy atom. The van der Waals surface area contributed by atoms with Gasteiger partial charge in [0.15, 0.2) is 6.10 Å². The highest BCUT2D eigenvalue weighted by molar-refractivity contribution is 7.47. The van der Waals surface area contributed by atoms with E-state index in [4.69, 9.17) is 23.3 Å². The van der Waals surface area contributed by atoms with Gasteiger partial charge >= 0.3 is 27.6 Å². The fourth-order valence-corrected chi connectivity index (χ4v) is 8.35. The van der Waals surface area contributed by atoms with Crippen molar-refractivity contribution in [2.45, 2.75) is 184 Å². The van der Waals surface area contributed by atoms with E-state index < -0.39 is 83.5 Å². The van der Waals surface area contributed by atoms with Gasteiger partial charge in [-0.15, -0.1) is 0 Å². The van der Waals surface area contributed by atoms with Crippen LogP contribution in [0, 0.1) is 0 Å². The minimum absolute atomic E-state index is 0.0772. The Kier molecular flexibility index (Phi) is 32.2. The molecule has 0 amide bonds. The largest absolute Gasteiger partial charge is 0.472 e. The lowest BCUT2D eigenvalue weighted by molar-refractivity contribution is -0.216. The van der Waals surface area contributed by atoms with Gasteiger partial charge in [0.25, 0.3) is 0 Å². The molecule has 19 heteroatoms. The zero-order valence-corrected chi connectivity index (χ0v) is 41.5. The Hall–Kier alpha value is -3.12. The van der Waals surface area contributed by atoms with Gasteiger partial charge in [-0.2, -0.15) is 0 Å². The van der Waals surface area contributed by atoms with Crippen LogP contribution in [0.15, 0.2) is 97.2 Å². The molecule has 17 nitrogen and oxygen atoms in total. The molecule has 0 aromatic rings. The number of epoxide rings is 1. The summed E-state index contributed by atoms with van der Waals surface area (Å²) in [5.41, 5.74) is 0. The molecule has 68 heavy (non-hydrogen) atoms. The van der Waals surface area contributed by atoms with Crippen LogP contribution in [0.4, 0.5) is 0 Å². The van der Waals surface area contributed by atoms with Gasteiger partial charge in [-0.1, -0.05) is 130 Å². The molecule has 0 aromatic heterocycles. The van der Waals surface area contributed by atoms with E-state index in [1.54, 1.807) is 6.08 Å². The summed E-state index contributed by atoms with van der Waals surface area (Å²) in [5.74, 6) is -1.34. The Morgan fingerprint density at radius 1 is 0.529 bits per heavy atom. The first kappa shape index (κ1) is 61.0. The van der Waals surface area contributed by atoms with E-state index in [-0.39, 0.29) is 12.8 Å². The molecular formula is C49H78O17P2. The number of esters is 2. The topological polar surface area (TPSA) is 269 Å². The summed E-state index contributed by atoms with van der Waals surface area (Å²) in [6, 6.07) is 0. The minimum Gasteiger partial charge on any atom is -0.462 e. The van der Waals surface area contributed by atoms with E-state index >= 15 is 0 Å². The van der Waals surface area contributed by atoms with E-state index in [0.717, 1.165) is 83.5 Å². The summed E-state index contributed by atoms with van der Waals surface area (Å²) in [6.45, 7) is 2.79. The lowest BCUT2D eigenvalue weighted by Gasteiger charge is -2.43. The fraction of sp³-hybridized carbons (Fsp3) is 0.633. The summed E-state index contributed by atoms with van der Waals surface area (Å²) in [5, 5.41) is 41.3. The molecule has 0 bridgehead atoms. The predicted molar refractivity (Wildman–Crippen MR) is 259 cm³/mol. The van der Waals surface area contributed by atoms with Gasteiger partial charge in [0, 0.05) is 12.8 Å². The molecule has 0 aromatic carbocycles. The number of allylic oxidation sites excluding steroid dienone is 14. The smallest absolute Gasteiger partial charge is 0.462 e. The minimum atomic E-state index is -5.38. The van der Waals surface area contributed by atoms with Crippen molar-refractivity contribution in [2.75, 3.05) is 13.2 Å². The molecule has 1 heterocycles. The van der Waals surface area contributed by atoms with Crippen LogP contribution in [0.25, 0.3) is 0 Å².